The molecular formula is C32H33NO7. The predicted octanol–water partition coefficient (Wildman–Crippen LogP) is 6.11. The quantitative estimate of drug-likeness (QED) is 0.145. The molecule has 1 aliphatic rings. The number of ether oxygens (including phenoxy) is 2. The number of carbonyl (C=O) groups excluding carboxylic acids is 3. The molecule has 1 fully saturated rings. The Balaban J connectivity index is 1.84. The number of rotatable bonds is 9. The topological polar surface area (TPSA) is 113 Å². The molecule has 3 aromatic carbocycles. The summed E-state index contributed by atoms with van der Waals surface area (Å²) in [5.41, 5.74) is 2.34. The minimum absolute atomic E-state index is 0.0173. The first kappa shape index (κ1) is 28.4. The van der Waals surface area contributed by atoms with Gasteiger partial charge >= 0.3 is 5.97 Å². The molecule has 40 heavy (non-hydrogen) atoms. The zero-order valence-corrected chi connectivity index (χ0v) is 23.0. The van der Waals surface area contributed by atoms with Gasteiger partial charge in [-0.05, 0) is 85.0 Å². The Morgan fingerprint density at radius 3 is 2.20 bits per heavy atom. The van der Waals surface area contributed by atoms with Gasteiger partial charge in [-0.25, -0.2) is 4.79 Å². The number of amides is 1. The fourth-order valence-electron chi connectivity index (χ4n) is 4.70. The Morgan fingerprint density at radius 1 is 0.950 bits per heavy atom. The summed E-state index contributed by atoms with van der Waals surface area (Å²) in [5, 5.41) is 21.4. The number of phenolic OH excluding ortho intramolecular Hbond substituents is 1. The van der Waals surface area contributed by atoms with Crippen molar-refractivity contribution < 1.29 is 34.1 Å². The van der Waals surface area contributed by atoms with Crippen molar-refractivity contribution in [2.75, 3.05) is 18.1 Å². The summed E-state index contributed by atoms with van der Waals surface area (Å²) in [4.78, 5) is 40.5. The molecule has 4 rings (SSSR count). The summed E-state index contributed by atoms with van der Waals surface area (Å²) >= 11 is 0. The van der Waals surface area contributed by atoms with Crippen LogP contribution < -0.4 is 9.64 Å². The van der Waals surface area contributed by atoms with E-state index < -0.39 is 23.7 Å². The Labute approximate surface area is 233 Å². The summed E-state index contributed by atoms with van der Waals surface area (Å²) in [6.07, 6.45) is 0.689. The molecule has 0 aromatic heterocycles. The first-order chi connectivity index (χ1) is 19.2. The molecule has 0 spiro atoms. The van der Waals surface area contributed by atoms with Crippen LogP contribution in [0.25, 0.3) is 5.76 Å². The van der Waals surface area contributed by atoms with E-state index in [2.05, 4.69) is 0 Å². The van der Waals surface area contributed by atoms with Crippen molar-refractivity contribution in [3.63, 3.8) is 0 Å². The van der Waals surface area contributed by atoms with Gasteiger partial charge in [-0.2, -0.15) is 0 Å². The van der Waals surface area contributed by atoms with Crippen molar-refractivity contribution >= 4 is 29.1 Å². The van der Waals surface area contributed by atoms with Crippen LogP contribution in [-0.4, -0.2) is 41.1 Å². The van der Waals surface area contributed by atoms with E-state index in [1.807, 2.05) is 27.7 Å². The molecule has 2 N–H and O–H groups in total. The molecule has 1 heterocycles. The van der Waals surface area contributed by atoms with Crippen molar-refractivity contribution in [2.45, 2.75) is 46.1 Å². The maximum absolute atomic E-state index is 13.5. The monoisotopic (exact) mass is 543 g/mol. The van der Waals surface area contributed by atoms with E-state index in [1.165, 1.54) is 29.2 Å². The zero-order chi connectivity index (χ0) is 29.0. The van der Waals surface area contributed by atoms with E-state index in [0.717, 1.165) is 5.56 Å². The Kier molecular flexibility index (Phi) is 8.58. The van der Waals surface area contributed by atoms with Crippen LogP contribution in [0.5, 0.6) is 11.5 Å². The number of hydrogen-bond acceptors (Lipinski definition) is 7. The highest BCUT2D eigenvalue weighted by Gasteiger charge is 2.47. The number of phenols is 1. The van der Waals surface area contributed by atoms with E-state index >= 15 is 0 Å². The van der Waals surface area contributed by atoms with Gasteiger partial charge in [-0.3, -0.25) is 14.5 Å². The van der Waals surface area contributed by atoms with Crippen LogP contribution in [0.4, 0.5) is 5.69 Å². The number of esters is 1. The summed E-state index contributed by atoms with van der Waals surface area (Å²) < 4.78 is 10.9. The van der Waals surface area contributed by atoms with E-state index in [0.29, 0.717) is 47.8 Å². The van der Waals surface area contributed by atoms with Crippen LogP contribution in [0.15, 0.2) is 72.3 Å². The minimum Gasteiger partial charge on any atom is -0.508 e. The Bertz CT molecular complexity index is 1440. The van der Waals surface area contributed by atoms with Crippen LogP contribution in [0.2, 0.25) is 0 Å². The van der Waals surface area contributed by atoms with Crippen LogP contribution in [0.3, 0.4) is 0 Å². The molecule has 0 radical (unpaired) electrons. The molecular weight excluding hydrogens is 510 g/mol. The molecule has 1 unspecified atom stereocenters. The number of aromatic hydroxyl groups is 1. The number of nitrogens with zero attached hydrogens (tertiary/aromatic N) is 1. The lowest BCUT2D eigenvalue weighted by molar-refractivity contribution is -0.132. The largest absolute Gasteiger partial charge is 0.508 e. The number of Topliss-reactive ketones (excluding diaryl/α,β-unsaturated/α-hetero) is 1. The summed E-state index contributed by atoms with van der Waals surface area (Å²) in [5.74, 6) is -1.69. The lowest BCUT2D eigenvalue weighted by Crippen LogP contribution is -2.29. The first-order valence-corrected chi connectivity index (χ1v) is 13.3. The molecule has 1 aliphatic heterocycles. The number of ketones is 1. The third-order valence-electron chi connectivity index (χ3n) is 6.68. The average molecular weight is 544 g/mol. The van der Waals surface area contributed by atoms with Gasteiger partial charge in [0.05, 0.1) is 30.4 Å². The summed E-state index contributed by atoms with van der Waals surface area (Å²) in [7, 11) is 0. The highest BCUT2D eigenvalue weighted by Crippen LogP contribution is 2.43. The van der Waals surface area contributed by atoms with E-state index in [1.54, 1.807) is 42.5 Å². The van der Waals surface area contributed by atoms with E-state index in [-0.39, 0.29) is 23.0 Å². The highest BCUT2D eigenvalue weighted by atomic mass is 16.5. The summed E-state index contributed by atoms with van der Waals surface area (Å²) in [6, 6.07) is 16.5. The molecule has 1 atom stereocenters. The third-order valence-corrected chi connectivity index (χ3v) is 6.68. The molecule has 0 saturated carbocycles. The van der Waals surface area contributed by atoms with E-state index in [9.17, 15) is 24.6 Å². The number of aliphatic hydroxyl groups is 1. The Morgan fingerprint density at radius 2 is 1.60 bits per heavy atom. The molecule has 8 heteroatoms. The van der Waals surface area contributed by atoms with Crippen molar-refractivity contribution in [3.8, 4) is 11.5 Å². The zero-order valence-electron chi connectivity index (χ0n) is 23.0. The SMILES string of the molecule is CCCOC(=O)c1ccc(N2C(=O)C(=O)/C(=C(\O)c3ccc(OCC)c(C(C)C)c3)C2c2ccc(O)cc2)cc1. The maximum Gasteiger partial charge on any atom is 0.338 e. The fraction of sp³-hybridized carbons (Fsp3) is 0.281. The average Bonchev–Trinajstić information content (AvgIpc) is 3.22. The van der Waals surface area contributed by atoms with Crippen molar-refractivity contribution in [2.24, 2.45) is 0 Å². The lowest BCUT2D eigenvalue weighted by atomic mass is 9.93. The van der Waals surface area contributed by atoms with Crippen LogP contribution in [-0.2, 0) is 14.3 Å². The van der Waals surface area contributed by atoms with Crippen LogP contribution >= 0.6 is 0 Å². The molecule has 0 bridgehead atoms. The van der Waals surface area contributed by atoms with Gasteiger partial charge in [0.25, 0.3) is 11.7 Å². The van der Waals surface area contributed by atoms with Crippen molar-refractivity contribution in [1.29, 1.82) is 0 Å². The van der Waals surface area contributed by atoms with Crippen molar-refractivity contribution in [1.82, 2.24) is 0 Å². The van der Waals surface area contributed by atoms with Gasteiger partial charge in [0.2, 0.25) is 0 Å². The van der Waals surface area contributed by atoms with Gasteiger partial charge in [0, 0.05) is 11.3 Å². The van der Waals surface area contributed by atoms with Crippen molar-refractivity contribution in [3.05, 3.63) is 94.6 Å². The number of benzene rings is 3. The second kappa shape index (κ2) is 12.1. The molecule has 1 amide bonds. The molecule has 8 nitrogen and oxygen atoms in total. The second-order valence-electron chi connectivity index (χ2n) is 9.78. The number of aliphatic hydroxyl groups excluding tert-OH is 1. The molecule has 3 aromatic rings. The van der Waals surface area contributed by atoms with Gasteiger partial charge in [-0.1, -0.05) is 32.9 Å². The van der Waals surface area contributed by atoms with E-state index in [4.69, 9.17) is 9.47 Å². The smallest absolute Gasteiger partial charge is 0.338 e. The minimum atomic E-state index is -0.979. The standard InChI is InChI=1S/C32H33NO7/c1-5-17-40-32(38)21-7-12-23(13-8-21)33-28(20-9-14-24(34)15-10-20)27(30(36)31(33)37)29(35)22-11-16-26(39-6-2)25(18-22)19(3)4/h7-16,18-19,28,34-35H,5-6,17H2,1-4H3/b29-27-. The maximum atomic E-state index is 13.5. The predicted molar refractivity (Wildman–Crippen MR) is 152 cm³/mol. The molecule has 208 valence electrons. The third kappa shape index (κ3) is 5.57. The number of carbonyl (C=O) groups is 3. The molecule has 0 aliphatic carbocycles. The van der Waals surface area contributed by atoms with Gasteiger partial charge in [0.15, 0.2) is 0 Å². The van der Waals surface area contributed by atoms with Crippen LogP contribution in [0, 0.1) is 0 Å². The number of anilines is 1. The fourth-order valence-corrected chi connectivity index (χ4v) is 4.70. The Hall–Kier alpha value is -4.59. The van der Waals surface area contributed by atoms with Gasteiger partial charge in [-0.15, -0.1) is 0 Å². The highest BCUT2D eigenvalue weighted by molar-refractivity contribution is 6.51. The van der Waals surface area contributed by atoms with Gasteiger partial charge in [0.1, 0.15) is 17.3 Å². The normalized spacial score (nSPS) is 16.4. The summed E-state index contributed by atoms with van der Waals surface area (Å²) in [6.45, 7) is 8.55. The number of hydrogen-bond donors (Lipinski definition) is 2. The first-order valence-electron chi connectivity index (χ1n) is 13.3. The van der Waals surface area contributed by atoms with Crippen LogP contribution in [0.1, 0.15) is 73.1 Å². The lowest BCUT2D eigenvalue weighted by Gasteiger charge is -2.25. The molecule has 1 saturated heterocycles. The second-order valence-corrected chi connectivity index (χ2v) is 9.78. The van der Waals surface area contributed by atoms with Gasteiger partial charge < -0.3 is 19.7 Å².